The molecule has 0 fully saturated rings. The molecule has 1 N–H and O–H groups in total. The fourth-order valence-electron chi connectivity index (χ4n) is 1.93. The van der Waals surface area contributed by atoms with Gasteiger partial charge in [0.15, 0.2) is 0 Å². The summed E-state index contributed by atoms with van der Waals surface area (Å²) in [6.45, 7) is 10.8. The van der Waals surface area contributed by atoms with Gasteiger partial charge in [-0.1, -0.05) is 13.0 Å². The molecule has 1 aromatic carbocycles. The minimum absolute atomic E-state index is 1.000. The molecular weight excluding hydrogens is 214 g/mol. The van der Waals surface area contributed by atoms with Crippen molar-refractivity contribution in [3.8, 4) is 0 Å². The Morgan fingerprint density at radius 2 is 1.81 bits per heavy atom. The van der Waals surface area contributed by atoms with E-state index in [1.807, 2.05) is 11.3 Å². The van der Waals surface area contributed by atoms with Gasteiger partial charge in [0.25, 0.3) is 0 Å². The van der Waals surface area contributed by atoms with E-state index in [2.05, 4.69) is 45.1 Å². The van der Waals surface area contributed by atoms with E-state index in [-0.39, 0.29) is 0 Å². The first-order valence-corrected chi connectivity index (χ1v) is 6.65. The third-order valence-electron chi connectivity index (χ3n) is 3.19. The number of hydrogen-bond acceptors (Lipinski definition) is 2. The molecule has 0 spiro atoms. The zero-order valence-corrected chi connectivity index (χ0v) is 11.3. The molecule has 0 aliphatic heterocycles. The van der Waals surface area contributed by atoms with Gasteiger partial charge in [-0.2, -0.15) is 0 Å². The summed E-state index contributed by atoms with van der Waals surface area (Å²) in [6.07, 6.45) is 0. The highest BCUT2D eigenvalue weighted by Crippen LogP contribution is 2.32. The molecule has 0 bridgehead atoms. The quantitative estimate of drug-likeness (QED) is 0.847. The lowest BCUT2D eigenvalue weighted by atomic mass is 10.1. The fourth-order valence-corrected chi connectivity index (χ4v) is 3.19. The van der Waals surface area contributed by atoms with Crippen molar-refractivity contribution in [2.45, 2.75) is 34.2 Å². The first-order chi connectivity index (χ1) is 7.63. The van der Waals surface area contributed by atoms with Crippen LogP contribution in [0.1, 0.15) is 28.5 Å². The highest BCUT2D eigenvalue weighted by Gasteiger charge is 2.08. The summed E-state index contributed by atoms with van der Waals surface area (Å²) in [7, 11) is 0. The summed E-state index contributed by atoms with van der Waals surface area (Å²) in [4.78, 5) is 1.47. The number of aryl methyl sites for hydroxylation is 3. The van der Waals surface area contributed by atoms with Crippen molar-refractivity contribution in [3.63, 3.8) is 0 Å². The number of nitrogens with one attached hydrogen (secondary N) is 1. The monoisotopic (exact) mass is 233 g/mol. The summed E-state index contributed by atoms with van der Waals surface area (Å²) in [6, 6.07) is 4.64. The number of hydrogen-bond donors (Lipinski definition) is 1. The van der Waals surface area contributed by atoms with E-state index in [1.54, 1.807) is 0 Å². The predicted octanol–water partition coefficient (Wildman–Crippen LogP) is 3.94. The molecule has 1 heterocycles. The van der Waals surface area contributed by atoms with E-state index in [0.717, 1.165) is 13.1 Å². The number of rotatable bonds is 3. The lowest BCUT2D eigenvalue weighted by Gasteiger charge is -2.01. The van der Waals surface area contributed by atoms with E-state index in [1.165, 1.54) is 31.7 Å². The van der Waals surface area contributed by atoms with Crippen molar-refractivity contribution >= 4 is 21.4 Å². The standard InChI is InChI=1S/C14H19NS/c1-5-15-8-14-11(4)12-6-9(2)10(3)7-13(12)16-14/h6-7,15H,5,8H2,1-4H3. The minimum atomic E-state index is 1.000. The van der Waals surface area contributed by atoms with Crippen LogP contribution in [0.2, 0.25) is 0 Å². The molecule has 1 nitrogen and oxygen atoms in total. The summed E-state index contributed by atoms with van der Waals surface area (Å²) in [5.74, 6) is 0. The largest absolute Gasteiger partial charge is 0.312 e. The van der Waals surface area contributed by atoms with Crippen molar-refractivity contribution in [2.24, 2.45) is 0 Å². The summed E-state index contributed by atoms with van der Waals surface area (Å²) >= 11 is 1.92. The van der Waals surface area contributed by atoms with E-state index in [9.17, 15) is 0 Å². The Morgan fingerprint density at radius 1 is 1.12 bits per heavy atom. The SMILES string of the molecule is CCNCc1sc2cc(C)c(C)cc2c1C. The van der Waals surface area contributed by atoms with E-state index < -0.39 is 0 Å². The molecule has 0 radical (unpaired) electrons. The van der Waals surface area contributed by atoms with Crippen molar-refractivity contribution in [2.75, 3.05) is 6.54 Å². The zero-order chi connectivity index (χ0) is 11.7. The second-order valence-electron chi connectivity index (χ2n) is 4.36. The molecule has 0 atom stereocenters. The zero-order valence-electron chi connectivity index (χ0n) is 10.5. The maximum Gasteiger partial charge on any atom is 0.0351 e. The molecule has 1 aromatic heterocycles. The highest BCUT2D eigenvalue weighted by molar-refractivity contribution is 7.19. The topological polar surface area (TPSA) is 12.0 Å². The Hall–Kier alpha value is -0.860. The Morgan fingerprint density at radius 3 is 2.50 bits per heavy atom. The Kier molecular flexibility index (Phi) is 3.31. The fraction of sp³-hybridized carbons (Fsp3) is 0.429. The molecule has 0 saturated carbocycles. The van der Waals surface area contributed by atoms with Crippen molar-refractivity contribution in [1.29, 1.82) is 0 Å². The minimum Gasteiger partial charge on any atom is -0.312 e. The van der Waals surface area contributed by atoms with Crippen LogP contribution >= 0.6 is 11.3 Å². The predicted molar refractivity (Wildman–Crippen MR) is 73.4 cm³/mol. The van der Waals surface area contributed by atoms with Gasteiger partial charge >= 0.3 is 0 Å². The number of fused-ring (bicyclic) bond motifs is 1. The van der Waals surface area contributed by atoms with Gasteiger partial charge < -0.3 is 5.32 Å². The molecule has 2 aromatic rings. The van der Waals surface area contributed by atoms with Crippen LogP contribution < -0.4 is 5.32 Å². The van der Waals surface area contributed by atoms with Crippen molar-refractivity contribution in [1.82, 2.24) is 5.32 Å². The maximum absolute atomic E-state index is 3.41. The van der Waals surface area contributed by atoms with Gasteiger partial charge in [0.1, 0.15) is 0 Å². The molecule has 0 aliphatic carbocycles. The van der Waals surface area contributed by atoms with Crippen LogP contribution in [-0.4, -0.2) is 6.54 Å². The van der Waals surface area contributed by atoms with Crippen LogP contribution in [-0.2, 0) is 6.54 Å². The van der Waals surface area contributed by atoms with Crippen LogP contribution in [0.5, 0.6) is 0 Å². The van der Waals surface area contributed by atoms with Gasteiger partial charge in [-0.05, 0) is 55.5 Å². The van der Waals surface area contributed by atoms with Gasteiger partial charge in [0, 0.05) is 16.1 Å². The second-order valence-corrected chi connectivity index (χ2v) is 5.50. The number of benzene rings is 1. The molecule has 16 heavy (non-hydrogen) atoms. The second kappa shape index (κ2) is 4.56. The molecule has 2 rings (SSSR count). The van der Waals surface area contributed by atoms with Crippen molar-refractivity contribution in [3.05, 3.63) is 33.7 Å². The average molecular weight is 233 g/mol. The Bertz CT molecular complexity index is 511. The normalized spacial score (nSPS) is 11.2. The summed E-state index contributed by atoms with van der Waals surface area (Å²) in [5.41, 5.74) is 4.23. The summed E-state index contributed by atoms with van der Waals surface area (Å²) < 4.78 is 1.42. The molecule has 0 unspecified atom stereocenters. The van der Waals surface area contributed by atoms with Gasteiger partial charge in [-0.3, -0.25) is 0 Å². The first-order valence-electron chi connectivity index (χ1n) is 5.83. The van der Waals surface area contributed by atoms with Crippen molar-refractivity contribution < 1.29 is 0 Å². The van der Waals surface area contributed by atoms with Crippen LogP contribution in [0.3, 0.4) is 0 Å². The van der Waals surface area contributed by atoms with E-state index in [4.69, 9.17) is 0 Å². The van der Waals surface area contributed by atoms with E-state index >= 15 is 0 Å². The van der Waals surface area contributed by atoms with Gasteiger partial charge in [-0.15, -0.1) is 11.3 Å². The molecule has 0 amide bonds. The third-order valence-corrected chi connectivity index (χ3v) is 4.44. The molecule has 2 heteroatoms. The molecule has 86 valence electrons. The first kappa shape index (κ1) is 11.6. The van der Waals surface area contributed by atoms with Crippen LogP contribution in [0.4, 0.5) is 0 Å². The highest BCUT2D eigenvalue weighted by atomic mass is 32.1. The summed E-state index contributed by atoms with van der Waals surface area (Å²) in [5, 5.41) is 4.84. The average Bonchev–Trinajstić information content (AvgIpc) is 2.54. The van der Waals surface area contributed by atoms with Gasteiger partial charge in [-0.25, -0.2) is 0 Å². The van der Waals surface area contributed by atoms with Gasteiger partial charge in [0.05, 0.1) is 0 Å². The molecular formula is C14H19NS. The number of thiophene rings is 1. The maximum atomic E-state index is 3.41. The lowest BCUT2D eigenvalue weighted by Crippen LogP contribution is -2.11. The smallest absolute Gasteiger partial charge is 0.0351 e. The van der Waals surface area contributed by atoms with Crippen LogP contribution in [0, 0.1) is 20.8 Å². The molecule has 0 aliphatic rings. The lowest BCUT2D eigenvalue weighted by molar-refractivity contribution is 0.733. The third kappa shape index (κ3) is 2.00. The van der Waals surface area contributed by atoms with Gasteiger partial charge in [0.2, 0.25) is 0 Å². The van der Waals surface area contributed by atoms with Crippen LogP contribution in [0.25, 0.3) is 10.1 Å². The Labute approximate surface area is 101 Å². The van der Waals surface area contributed by atoms with E-state index in [0.29, 0.717) is 0 Å². The molecule has 0 saturated heterocycles. The van der Waals surface area contributed by atoms with Crippen LogP contribution in [0.15, 0.2) is 12.1 Å². The Balaban J connectivity index is 2.50.